The molecule has 1 heterocycles. The molecule has 0 radical (unpaired) electrons. The lowest BCUT2D eigenvalue weighted by Gasteiger charge is -2.57. The number of carbonyl (C=O) groups is 2. The summed E-state index contributed by atoms with van der Waals surface area (Å²) in [4.78, 5) is 33.9. The zero-order valence-corrected chi connectivity index (χ0v) is 24.4. The zero-order valence-electron chi connectivity index (χ0n) is 24.4. The molecular weight excluding hydrogens is 518 g/mol. The topological polar surface area (TPSA) is 113 Å². The molecule has 4 aliphatic carbocycles. The third kappa shape index (κ3) is 4.98. The van der Waals surface area contributed by atoms with Crippen molar-refractivity contribution in [3.8, 4) is 0 Å². The molecule has 4 aliphatic rings. The van der Waals surface area contributed by atoms with Crippen LogP contribution in [0.15, 0.2) is 47.3 Å². The van der Waals surface area contributed by atoms with Crippen LogP contribution in [0.5, 0.6) is 0 Å². The lowest BCUT2D eigenvalue weighted by atomic mass is 9.47. The van der Waals surface area contributed by atoms with E-state index in [4.69, 9.17) is 9.57 Å². The molecule has 3 fully saturated rings. The van der Waals surface area contributed by atoms with E-state index in [0.717, 1.165) is 60.7 Å². The number of aromatic nitrogens is 1. The van der Waals surface area contributed by atoms with Crippen molar-refractivity contribution in [3.63, 3.8) is 0 Å². The number of para-hydroxylation sites is 1. The summed E-state index contributed by atoms with van der Waals surface area (Å²) in [7, 11) is 1.32. The summed E-state index contributed by atoms with van der Waals surface area (Å²) < 4.78 is 4.95. The molecule has 0 bridgehead atoms. The molecule has 7 atom stereocenters. The first kappa shape index (κ1) is 28.0. The van der Waals surface area contributed by atoms with Crippen molar-refractivity contribution in [1.29, 1.82) is 0 Å². The van der Waals surface area contributed by atoms with Crippen LogP contribution in [0.3, 0.4) is 0 Å². The Morgan fingerprint density at radius 2 is 1.95 bits per heavy atom. The first-order valence-corrected chi connectivity index (χ1v) is 15.2. The first-order valence-electron chi connectivity index (χ1n) is 15.2. The molecule has 0 spiro atoms. The molecule has 1 aromatic heterocycles. The number of nitrogens with zero attached hydrogens (tertiary/aromatic N) is 1. The molecule has 0 aliphatic heterocycles. The zero-order chi connectivity index (χ0) is 28.8. The van der Waals surface area contributed by atoms with E-state index >= 15 is 0 Å². The molecule has 3 saturated carbocycles. The number of hydrogen-bond acceptors (Lipinski definition) is 6. The summed E-state index contributed by atoms with van der Waals surface area (Å²) >= 11 is 0. The highest BCUT2D eigenvalue weighted by Gasteiger charge is 2.58. The van der Waals surface area contributed by atoms with E-state index in [9.17, 15) is 14.7 Å². The van der Waals surface area contributed by atoms with Gasteiger partial charge in [0.05, 0.1) is 18.9 Å². The van der Waals surface area contributed by atoms with Gasteiger partial charge in [-0.1, -0.05) is 42.8 Å². The number of fused-ring (bicyclic) bond motifs is 6. The number of allylic oxidation sites excluding steroid dienone is 2. The molecule has 41 heavy (non-hydrogen) atoms. The van der Waals surface area contributed by atoms with Gasteiger partial charge in [0.2, 0.25) is 0 Å². The molecule has 8 heteroatoms. The number of carbonyl (C=O) groups excluding carboxylic acids is 2. The number of benzene rings is 1. The first-order chi connectivity index (χ1) is 19.7. The van der Waals surface area contributed by atoms with Gasteiger partial charge in [-0.05, 0) is 97.7 Å². The summed E-state index contributed by atoms with van der Waals surface area (Å²) in [6.45, 7) is 4.50. The minimum absolute atomic E-state index is 0.0940. The number of aromatic amines is 1. The third-order valence-electron chi connectivity index (χ3n) is 11.2. The Morgan fingerprint density at radius 3 is 2.78 bits per heavy atom. The third-order valence-corrected chi connectivity index (χ3v) is 11.2. The van der Waals surface area contributed by atoms with Gasteiger partial charge in [0, 0.05) is 23.5 Å². The Hall–Kier alpha value is -3.13. The quantitative estimate of drug-likeness (QED) is 0.323. The van der Waals surface area contributed by atoms with Gasteiger partial charge in [0.15, 0.2) is 6.61 Å². The summed E-state index contributed by atoms with van der Waals surface area (Å²) in [5.74, 6) is 1.07. The van der Waals surface area contributed by atoms with Gasteiger partial charge in [-0.2, -0.15) is 0 Å². The van der Waals surface area contributed by atoms with E-state index in [2.05, 4.69) is 35.4 Å². The van der Waals surface area contributed by atoms with Gasteiger partial charge >= 0.3 is 5.97 Å². The summed E-state index contributed by atoms with van der Waals surface area (Å²) in [6, 6.07) is 7.02. The van der Waals surface area contributed by atoms with Crippen LogP contribution >= 0.6 is 0 Å². The number of aliphatic hydroxyl groups is 1. The highest BCUT2D eigenvalue weighted by molar-refractivity contribution is 5.96. The molecule has 3 N–H and O–H groups in total. The second-order valence-corrected chi connectivity index (χ2v) is 13.2. The Bertz CT molecular complexity index is 1380. The maximum atomic E-state index is 12.7. The lowest BCUT2D eigenvalue weighted by molar-refractivity contribution is -0.145. The van der Waals surface area contributed by atoms with Crippen LogP contribution in [-0.2, 0) is 25.6 Å². The van der Waals surface area contributed by atoms with Crippen molar-refractivity contribution in [3.05, 3.63) is 47.7 Å². The normalized spacial score (nSPS) is 34.2. The monoisotopic (exact) mass is 561 g/mol. The predicted octanol–water partition coefficient (Wildman–Crippen LogP) is 5.06. The largest absolute Gasteiger partial charge is 0.467 e. The van der Waals surface area contributed by atoms with Gasteiger partial charge in [0.1, 0.15) is 6.04 Å². The highest BCUT2D eigenvalue weighted by Crippen LogP contribution is 2.65. The summed E-state index contributed by atoms with van der Waals surface area (Å²) in [5, 5.41) is 18.8. The number of oxime groups is 1. The van der Waals surface area contributed by atoms with Crippen LogP contribution in [0.1, 0.15) is 70.8 Å². The van der Waals surface area contributed by atoms with Crippen molar-refractivity contribution >= 4 is 28.5 Å². The summed E-state index contributed by atoms with van der Waals surface area (Å²) in [5.41, 5.74) is 4.51. The number of rotatable bonds is 7. The maximum absolute atomic E-state index is 12.7. The van der Waals surface area contributed by atoms with E-state index in [1.807, 2.05) is 30.5 Å². The van der Waals surface area contributed by atoms with Crippen LogP contribution in [0, 0.1) is 28.6 Å². The number of methoxy groups -OCH3 is 1. The molecule has 6 rings (SSSR count). The predicted molar refractivity (Wildman–Crippen MR) is 157 cm³/mol. The van der Waals surface area contributed by atoms with Crippen LogP contribution in [0.2, 0.25) is 0 Å². The molecular formula is C33H43N3O5. The average molecular weight is 562 g/mol. The number of nitrogens with one attached hydrogen (secondary N) is 2. The molecule has 220 valence electrons. The van der Waals surface area contributed by atoms with E-state index in [1.54, 1.807) is 0 Å². The average Bonchev–Trinajstić information content (AvgIpc) is 3.52. The second kappa shape index (κ2) is 10.9. The van der Waals surface area contributed by atoms with Crippen molar-refractivity contribution in [1.82, 2.24) is 10.3 Å². The molecule has 1 amide bonds. The van der Waals surface area contributed by atoms with Gasteiger partial charge in [0.25, 0.3) is 5.91 Å². The van der Waals surface area contributed by atoms with Crippen molar-refractivity contribution in [2.45, 2.75) is 83.8 Å². The minimum Gasteiger partial charge on any atom is -0.467 e. The summed E-state index contributed by atoms with van der Waals surface area (Å²) in [6.07, 6.45) is 12.8. The molecule has 1 aromatic carbocycles. The molecule has 8 nitrogen and oxygen atoms in total. The van der Waals surface area contributed by atoms with Crippen LogP contribution in [0.25, 0.3) is 10.9 Å². The second-order valence-electron chi connectivity index (χ2n) is 13.2. The molecule has 7 unspecified atom stereocenters. The van der Waals surface area contributed by atoms with Crippen LogP contribution in [0.4, 0.5) is 0 Å². The SMILES string of the molecule is COC(=O)C(Cc1c[nH]c2ccccc12)NC(=O)CO/N=C1/C=C2CCC3C(CCC4(C)C(O)CCC34)C2(C)CC1. The van der Waals surface area contributed by atoms with Crippen LogP contribution < -0.4 is 5.32 Å². The molecule has 2 aromatic rings. The standard InChI is InChI=1S/C33H43N3O5/c1-32-14-12-22(17-21(32)8-9-24-25-10-11-29(37)33(25,2)15-13-26(24)32)36-41-19-30(38)35-28(31(39)40-3)16-20-18-34-27-7-5-4-6-23(20)27/h4-7,17-18,24-26,28-29,34,37H,8-16,19H2,1-3H3,(H,35,38)/b36-22+. The number of aliphatic hydroxyl groups excluding tert-OH is 1. The highest BCUT2D eigenvalue weighted by atomic mass is 16.6. The van der Waals surface area contributed by atoms with Gasteiger partial charge in [-0.15, -0.1) is 0 Å². The fraction of sp³-hybridized carbons (Fsp3) is 0.606. The number of ether oxygens (including phenoxy) is 1. The molecule has 0 saturated heterocycles. The maximum Gasteiger partial charge on any atom is 0.328 e. The number of H-pyrrole nitrogens is 1. The number of amides is 1. The Balaban J connectivity index is 1.07. The number of hydrogen-bond donors (Lipinski definition) is 3. The van der Waals surface area contributed by atoms with Crippen molar-refractivity contribution < 1.29 is 24.3 Å². The fourth-order valence-electron chi connectivity index (χ4n) is 8.88. The van der Waals surface area contributed by atoms with Gasteiger partial charge in [-0.3, -0.25) is 4.79 Å². The number of esters is 1. The Labute approximate surface area is 241 Å². The van der Waals surface area contributed by atoms with Gasteiger partial charge in [-0.25, -0.2) is 4.79 Å². The lowest BCUT2D eigenvalue weighted by Crippen LogP contribution is -2.51. The van der Waals surface area contributed by atoms with E-state index < -0.39 is 17.9 Å². The van der Waals surface area contributed by atoms with Crippen LogP contribution in [-0.4, -0.2) is 53.5 Å². The fourth-order valence-corrected chi connectivity index (χ4v) is 8.88. The van der Waals surface area contributed by atoms with E-state index in [-0.39, 0.29) is 23.5 Å². The Morgan fingerprint density at radius 1 is 1.12 bits per heavy atom. The van der Waals surface area contributed by atoms with Crippen molar-refractivity contribution in [2.75, 3.05) is 13.7 Å². The van der Waals surface area contributed by atoms with Crippen molar-refractivity contribution in [2.24, 2.45) is 33.7 Å². The smallest absolute Gasteiger partial charge is 0.328 e. The van der Waals surface area contributed by atoms with E-state index in [1.165, 1.54) is 25.5 Å². The minimum atomic E-state index is -0.825. The van der Waals surface area contributed by atoms with E-state index in [0.29, 0.717) is 24.2 Å². The van der Waals surface area contributed by atoms with Gasteiger partial charge < -0.3 is 25.0 Å². The Kier molecular flexibility index (Phi) is 7.47.